The van der Waals surface area contributed by atoms with E-state index in [4.69, 9.17) is 28.1 Å². The van der Waals surface area contributed by atoms with Gasteiger partial charge in [0.05, 0.1) is 6.54 Å². The van der Waals surface area contributed by atoms with Crippen molar-refractivity contribution in [3.63, 3.8) is 0 Å². The second-order valence-corrected chi connectivity index (χ2v) is 10.9. The van der Waals surface area contributed by atoms with Crippen LogP contribution in [0.5, 0.6) is 0 Å². The molecule has 0 unspecified atom stereocenters. The number of nitrogens with zero attached hydrogens (tertiary/aromatic N) is 6. The highest BCUT2D eigenvalue weighted by molar-refractivity contribution is 8.00. The van der Waals surface area contributed by atoms with Crippen molar-refractivity contribution in [2.45, 2.75) is 18.0 Å². The predicted octanol–water partition coefficient (Wildman–Crippen LogP) is -1.55. The summed E-state index contributed by atoms with van der Waals surface area (Å²) in [6.07, 6.45) is 3.40. The number of pyridine rings is 1. The number of oxime groups is 1. The second kappa shape index (κ2) is 11.6. The van der Waals surface area contributed by atoms with Crippen LogP contribution in [0.25, 0.3) is 5.65 Å². The highest BCUT2D eigenvalue weighted by atomic mass is 32.3. The van der Waals surface area contributed by atoms with Crippen LogP contribution in [0.3, 0.4) is 0 Å². The maximum Gasteiger partial charge on any atom is 0.352 e. The van der Waals surface area contributed by atoms with Crippen molar-refractivity contribution < 1.29 is 46.4 Å². The molecule has 2 atom stereocenters. The van der Waals surface area contributed by atoms with E-state index >= 15 is 0 Å². The summed E-state index contributed by atoms with van der Waals surface area (Å²) in [5.41, 5.74) is 7.00. The van der Waals surface area contributed by atoms with E-state index in [0.29, 0.717) is 11.3 Å². The van der Waals surface area contributed by atoms with Gasteiger partial charge in [-0.25, -0.2) is 22.8 Å². The number of carbonyl (C=O) groups is 3. The number of aromatic nitrogens is 4. The maximum absolute atomic E-state index is 13.0. The Morgan fingerprint density at radius 1 is 1.40 bits per heavy atom. The van der Waals surface area contributed by atoms with E-state index in [9.17, 15) is 19.5 Å². The molecule has 3 aromatic heterocycles. The third-order valence-electron chi connectivity index (χ3n) is 5.49. The van der Waals surface area contributed by atoms with Gasteiger partial charge in [-0.3, -0.25) is 19.0 Å². The van der Waals surface area contributed by atoms with Crippen molar-refractivity contribution in [1.82, 2.24) is 24.8 Å². The number of hydrogen-bond acceptors (Lipinski definition) is 13. The third kappa shape index (κ3) is 6.20. The molecular weight excluding hydrogens is 592 g/mol. The fourth-order valence-corrected chi connectivity index (χ4v) is 5.84. The molecule has 0 saturated carbocycles. The minimum atomic E-state index is -4.92. The Morgan fingerprint density at radius 3 is 2.75 bits per heavy atom. The van der Waals surface area contributed by atoms with Gasteiger partial charge in [0.1, 0.15) is 36.1 Å². The van der Waals surface area contributed by atoms with Gasteiger partial charge >= 0.3 is 5.97 Å². The fraction of sp³-hybridized carbons (Fsp3) is 0.250. The quantitative estimate of drug-likeness (QED) is 0.0590. The molecule has 20 heteroatoms. The topological polar surface area (TPSA) is 246 Å². The van der Waals surface area contributed by atoms with Crippen molar-refractivity contribution >= 4 is 67.8 Å². The zero-order valence-electron chi connectivity index (χ0n) is 20.3. The maximum atomic E-state index is 13.0. The van der Waals surface area contributed by atoms with E-state index in [1.165, 1.54) is 23.8 Å². The number of amides is 2. The van der Waals surface area contributed by atoms with Gasteiger partial charge in [-0.2, -0.15) is 0 Å². The number of carboxylic acid groups (broad SMARTS) is 1. The van der Waals surface area contributed by atoms with Crippen molar-refractivity contribution in [2.24, 2.45) is 5.16 Å². The molecule has 0 aromatic carbocycles. The fourth-order valence-electron chi connectivity index (χ4n) is 3.96. The lowest BCUT2D eigenvalue weighted by Gasteiger charge is -2.49. The van der Waals surface area contributed by atoms with Crippen molar-refractivity contribution in [2.75, 3.05) is 18.6 Å². The summed E-state index contributed by atoms with van der Waals surface area (Å²) in [6, 6.07) is 4.64. The number of nitrogens with two attached hydrogens (primary N) is 1. The molecule has 0 aliphatic carbocycles. The van der Waals surface area contributed by atoms with Crippen molar-refractivity contribution in [3.8, 4) is 0 Å². The number of aliphatic carboxylic acids is 1. The molecule has 5 heterocycles. The average Bonchev–Trinajstić information content (AvgIpc) is 3.50. The summed E-state index contributed by atoms with van der Waals surface area (Å²) < 4.78 is 36.3. The standard InChI is InChI=1S/C20H18N8O5S2.H2O4S/c1-33-25-13(11-8-35-20(21)23-11)16(29)24-14-17(30)28-15(19(31)32)10(7-34-18(14)28)6-26-9-22-27-5-3-2-4-12(26)27;1-5(2,3)4/h2-5,8-9,14,18H,6-7H2,1H3,(H3-,21,23,24,29,31,32);(H2,1,2,3,4)/b25-13-;/t14-,18-;/m1./s1. The first-order valence-corrected chi connectivity index (χ1v) is 14.2. The van der Waals surface area contributed by atoms with Crippen LogP contribution >= 0.6 is 23.1 Å². The van der Waals surface area contributed by atoms with Crippen LogP contribution in [0.1, 0.15) is 5.69 Å². The SMILES string of the molecule is CO/N=C(\C(=O)N[C@@H]1C(=O)N2C(C(=O)O)=C(C[n+]3cnn4ccccc43)CS[C@H]12)c1csc(N)n1.O=S(=O)([O-])O. The average molecular weight is 613 g/mol. The first kappa shape index (κ1) is 28.9. The molecule has 2 aliphatic rings. The number of rotatable bonds is 7. The zero-order valence-corrected chi connectivity index (χ0v) is 22.7. The monoisotopic (exact) mass is 612 g/mol. The first-order chi connectivity index (χ1) is 18.9. The van der Waals surface area contributed by atoms with Crippen LogP contribution in [0.4, 0.5) is 5.13 Å². The summed E-state index contributed by atoms with van der Waals surface area (Å²) in [5.74, 6) is -2.05. The van der Waals surface area contributed by atoms with Crippen LogP contribution in [-0.4, -0.2) is 89.9 Å². The number of carbonyl (C=O) groups excluding carboxylic acids is 2. The molecule has 40 heavy (non-hydrogen) atoms. The third-order valence-corrected chi connectivity index (χ3v) is 7.50. The largest absolute Gasteiger partial charge is 0.726 e. The molecule has 5 N–H and O–H groups in total. The van der Waals surface area contributed by atoms with E-state index < -0.39 is 39.6 Å². The minimum absolute atomic E-state index is 0.0786. The normalized spacial score (nSPS) is 18.9. The number of thioether (sulfide) groups is 1. The number of nitrogens with one attached hydrogen (secondary N) is 1. The Labute approximate surface area is 233 Å². The van der Waals surface area contributed by atoms with Crippen molar-refractivity contribution in [3.05, 3.63) is 53.1 Å². The molecule has 212 valence electrons. The number of fused-ring (bicyclic) bond motifs is 2. The Balaban J connectivity index is 0.000000681. The van der Waals surface area contributed by atoms with Gasteiger partial charge in [-0.05, 0) is 6.07 Å². The molecule has 17 nitrogen and oxygen atoms in total. The number of nitrogen functional groups attached to an aromatic ring is 1. The summed E-state index contributed by atoms with van der Waals surface area (Å²) >= 11 is 2.50. The number of carboxylic acids is 1. The van der Waals surface area contributed by atoms with Gasteiger partial charge in [0, 0.05) is 27.9 Å². The molecule has 1 fully saturated rings. The smallest absolute Gasteiger partial charge is 0.352 e. The van der Waals surface area contributed by atoms with Gasteiger partial charge in [0.15, 0.2) is 10.8 Å². The van der Waals surface area contributed by atoms with E-state index in [1.807, 2.05) is 22.8 Å². The van der Waals surface area contributed by atoms with Crippen LogP contribution in [-0.2, 0) is 36.2 Å². The summed E-state index contributed by atoms with van der Waals surface area (Å²) in [7, 11) is -3.64. The summed E-state index contributed by atoms with van der Waals surface area (Å²) in [6.45, 7) is 0.256. The van der Waals surface area contributed by atoms with Gasteiger partial charge in [0.2, 0.25) is 10.4 Å². The molecule has 2 amide bonds. The van der Waals surface area contributed by atoms with Crippen LogP contribution < -0.4 is 15.6 Å². The van der Waals surface area contributed by atoms with E-state index in [0.717, 1.165) is 17.0 Å². The Morgan fingerprint density at radius 2 is 2.12 bits per heavy atom. The van der Waals surface area contributed by atoms with Gasteiger partial charge in [0.25, 0.3) is 23.8 Å². The van der Waals surface area contributed by atoms with Crippen molar-refractivity contribution in [1.29, 1.82) is 0 Å². The number of thiazole rings is 1. The number of anilines is 1. The van der Waals surface area contributed by atoms with E-state index in [1.54, 1.807) is 22.4 Å². The molecule has 2 aliphatic heterocycles. The molecular formula is C20H20N8O9S3. The lowest BCUT2D eigenvalue weighted by Crippen LogP contribution is -2.71. The van der Waals surface area contributed by atoms with E-state index in [-0.39, 0.29) is 28.8 Å². The summed E-state index contributed by atoms with van der Waals surface area (Å²) in [4.78, 5) is 48.0. The Kier molecular flexibility index (Phi) is 8.34. The Bertz CT molecular complexity index is 1640. The van der Waals surface area contributed by atoms with Crippen LogP contribution in [0.2, 0.25) is 0 Å². The van der Waals surface area contributed by atoms with Gasteiger partial charge in [-0.1, -0.05) is 15.7 Å². The molecule has 0 bridgehead atoms. The predicted molar refractivity (Wildman–Crippen MR) is 137 cm³/mol. The molecule has 0 radical (unpaired) electrons. The lowest BCUT2D eigenvalue weighted by atomic mass is 10.0. The van der Waals surface area contributed by atoms with Gasteiger partial charge < -0.3 is 25.5 Å². The van der Waals surface area contributed by atoms with E-state index in [2.05, 4.69) is 20.6 Å². The summed E-state index contributed by atoms with van der Waals surface area (Å²) in [5, 5.41) is 21.8. The lowest BCUT2D eigenvalue weighted by molar-refractivity contribution is -0.664. The molecule has 5 rings (SSSR count). The Hall–Kier alpha value is -4.11. The van der Waals surface area contributed by atoms with Gasteiger partial charge in [-0.15, -0.1) is 23.1 Å². The second-order valence-electron chi connectivity index (χ2n) is 8.00. The highest BCUT2D eigenvalue weighted by Crippen LogP contribution is 2.40. The zero-order chi connectivity index (χ0) is 29.2. The first-order valence-electron chi connectivity index (χ1n) is 10.9. The number of hydrogen-bond donors (Lipinski definition) is 4. The highest BCUT2D eigenvalue weighted by Gasteiger charge is 2.54. The minimum Gasteiger partial charge on any atom is -0.726 e. The van der Waals surface area contributed by atoms with Crippen LogP contribution in [0.15, 0.2) is 52.5 Å². The molecule has 1 saturated heterocycles. The van der Waals surface area contributed by atoms with Crippen LogP contribution in [0, 0.1) is 0 Å². The number of β-lactam (4-membered cyclic amide) rings is 1. The molecule has 3 aromatic rings. The molecule has 0 spiro atoms.